The molecule has 6 nitrogen and oxygen atoms in total. The van der Waals surface area contributed by atoms with Crippen LogP contribution >= 0.6 is 0 Å². The highest BCUT2D eigenvalue weighted by Crippen LogP contribution is 2.43. The Morgan fingerprint density at radius 2 is 1.86 bits per heavy atom. The summed E-state index contributed by atoms with van der Waals surface area (Å²) in [6, 6.07) is 20.8. The standard InChI is InChI=1S/C30H32N4O2/c1-21(2)36-27-11-9-24(18-31-27)28-26-16-25(10-8-23(26)17-32-28)34-15-13-30(29(34)35)12-14-33(20-30)19-22-6-4-3-5-7-22/h3-11,16,18,21H,12-15,17,19-20H2,1-2H3. The number of hydrogen-bond donors (Lipinski definition) is 0. The molecule has 0 N–H and O–H groups in total. The van der Waals surface area contributed by atoms with E-state index in [1.54, 1.807) is 0 Å². The molecule has 2 fully saturated rings. The summed E-state index contributed by atoms with van der Waals surface area (Å²) in [5, 5.41) is 0. The second kappa shape index (κ2) is 9.17. The van der Waals surface area contributed by atoms with Gasteiger partial charge in [-0.1, -0.05) is 36.4 Å². The van der Waals surface area contributed by atoms with E-state index in [4.69, 9.17) is 9.73 Å². The molecule has 1 unspecified atom stereocenters. The van der Waals surface area contributed by atoms with Gasteiger partial charge in [0.05, 0.1) is 23.8 Å². The molecule has 0 bridgehead atoms. The molecule has 1 amide bonds. The Morgan fingerprint density at radius 1 is 1.03 bits per heavy atom. The number of amides is 1. The van der Waals surface area contributed by atoms with Gasteiger partial charge in [-0.05, 0) is 62.6 Å². The van der Waals surface area contributed by atoms with Crippen molar-refractivity contribution in [2.75, 3.05) is 24.5 Å². The average molecular weight is 481 g/mol. The molecule has 1 atom stereocenters. The van der Waals surface area contributed by atoms with Gasteiger partial charge >= 0.3 is 0 Å². The Kier molecular flexibility index (Phi) is 5.84. The lowest BCUT2D eigenvalue weighted by molar-refractivity contribution is -0.125. The molecular weight excluding hydrogens is 448 g/mol. The van der Waals surface area contributed by atoms with Crippen LogP contribution in [0.25, 0.3) is 0 Å². The minimum Gasteiger partial charge on any atom is -0.475 e. The van der Waals surface area contributed by atoms with Crippen LogP contribution in [0.2, 0.25) is 0 Å². The second-order valence-corrected chi connectivity index (χ2v) is 10.5. The van der Waals surface area contributed by atoms with Gasteiger partial charge in [-0.25, -0.2) is 4.98 Å². The largest absolute Gasteiger partial charge is 0.475 e. The second-order valence-electron chi connectivity index (χ2n) is 10.5. The average Bonchev–Trinajstić information content (AvgIpc) is 3.58. The molecule has 0 aliphatic carbocycles. The van der Waals surface area contributed by atoms with Crippen molar-refractivity contribution in [3.8, 4) is 5.88 Å². The maximum Gasteiger partial charge on any atom is 0.234 e. The van der Waals surface area contributed by atoms with E-state index in [0.29, 0.717) is 12.4 Å². The van der Waals surface area contributed by atoms with E-state index in [2.05, 4.69) is 52.3 Å². The highest BCUT2D eigenvalue weighted by atomic mass is 16.5. The van der Waals surface area contributed by atoms with Gasteiger partial charge in [0.15, 0.2) is 0 Å². The fraction of sp³-hybridized carbons (Fsp3) is 0.367. The molecule has 0 saturated carbocycles. The van der Waals surface area contributed by atoms with Gasteiger partial charge in [0, 0.05) is 48.7 Å². The Morgan fingerprint density at radius 3 is 2.64 bits per heavy atom. The van der Waals surface area contributed by atoms with E-state index in [1.807, 2.05) is 43.1 Å². The van der Waals surface area contributed by atoms with E-state index >= 15 is 0 Å². The third kappa shape index (κ3) is 4.20. The molecule has 0 radical (unpaired) electrons. The number of likely N-dealkylation sites (tertiary alicyclic amines) is 1. The van der Waals surface area contributed by atoms with Crippen molar-refractivity contribution in [1.29, 1.82) is 0 Å². The number of nitrogens with zero attached hydrogens (tertiary/aromatic N) is 4. The predicted molar refractivity (Wildman–Crippen MR) is 142 cm³/mol. The summed E-state index contributed by atoms with van der Waals surface area (Å²) >= 11 is 0. The summed E-state index contributed by atoms with van der Waals surface area (Å²) in [4.78, 5) is 27.4. The van der Waals surface area contributed by atoms with E-state index in [9.17, 15) is 4.79 Å². The van der Waals surface area contributed by atoms with Gasteiger partial charge in [-0.15, -0.1) is 0 Å². The number of carbonyl (C=O) groups excluding carboxylic acids is 1. The zero-order chi connectivity index (χ0) is 24.7. The van der Waals surface area contributed by atoms with Crippen LogP contribution in [0.4, 0.5) is 5.69 Å². The zero-order valence-corrected chi connectivity index (χ0v) is 21.0. The van der Waals surface area contributed by atoms with Crippen LogP contribution in [-0.4, -0.2) is 47.2 Å². The fourth-order valence-electron chi connectivity index (χ4n) is 5.80. The molecule has 3 aromatic rings. The van der Waals surface area contributed by atoms with Crippen molar-refractivity contribution in [3.05, 3.63) is 89.1 Å². The number of aliphatic imine (C=N–C) groups is 1. The van der Waals surface area contributed by atoms with Gasteiger partial charge < -0.3 is 9.64 Å². The summed E-state index contributed by atoms with van der Waals surface area (Å²) < 4.78 is 5.69. The van der Waals surface area contributed by atoms with E-state index in [1.165, 1.54) is 11.1 Å². The lowest BCUT2D eigenvalue weighted by atomic mass is 9.85. The van der Waals surface area contributed by atoms with Crippen molar-refractivity contribution < 1.29 is 9.53 Å². The summed E-state index contributed by atoms with van der Waals surface area (Å²) in [6.45, 7) is 8.12. The Balaban J connectivity index is 1.19. The molecule has 184 valence electrons. The van der Waals surface area contributed by atoms with Gasteiger partial charge in [0.1, 0.15) is 0 Å². The number of fused-ring (bicyclic) bond motifs is 1. The SMILES string of the molecule is CC(C)Oc1ccc(C2=NCc3ccc(N4CCC5(CCN(Cc6ccccc6)C5)C4=O)cc32)cn1. The third-order valence-electron chi connectivity index (χ3n) is 7.63. The number of carbonyl (C=O) groups is 1. The van der Waals surface area contributed by atoms with Crippen LogP contribution in [0.3, 0.4) is 0 Å². The Labute approximate surface area is 212 Å². The van der Waals surface area contributed by atoms with Crippen LogP contribution < -0.4 is 9.64 Å². The highest BCUT2D eigenvalue weighted by Gasteiger charge is 2.51. The summed E-state index contributed by atoms with van der Waals surface area (Å²) in [5.41, 5.74) is 6.21. The van der Waals surface area contributed by atoms with E-state index < -0.39 is 0 Å². The Bertz CT molecular complexity index is 1300. The molecule has 6 rings (SSSR count). The smallest absolute Gasteiger partial charge is 0.234 e. The monoisotopic (exact) mass is 480 g/mol. The lowest BCUT2D eigenvalue weighted by Gasteiger charge is -2.24. The molecule has 2 saturated heterocycles. The molecular formula is C30H32N4O2. The molecule has 2 aromatic carbocycles. The van der Waals surface area contributed by atoms with Crippen LogP contribution in [0.1, 0.15) is 48.9 Å². The minimum absolute atomic E-state index is 0.0852. The third-order valence-corrected chi connectivity index (χ3v) is 7.63. The van der Waals surface area contributed by atoms with Crippen molar-refractivity contribution in [2.24, 2.45) is 10.4 Å². The van der Waals surface area contributed by atoms with Gasteiger partial charge in [-0.2, -0.15) is 0 Å². The van der Waals surface area contributed by atoms with E-state index in [0.717, 1.165) is 61.5 Å². The van der Waals surface area contributed by atoms with Crippen LogP contribution in [0.15, 0.2) is 71.9 Å². The molecule has 1 spiro atoms. The number of ether oxygens (including phenoxy) is 1. The number of anilines is 1. The number of aromatic nitrogens is 1. The lowest BCUT2D eigenvalue weighted by Crippen LogP contribution is -2.37. The summed E-state index contributed by atoms with van der Waals surface area (Å²) in [7, 11) is 0. The topological polar surface area (TPSA) is 58.0 Å². The maximum atomic E-state index is 13.8. The minimum atomic E-state index is -0.263. The summed E-state index contributed by atoms with van der Waals surface area (Å²) in [6.07, 6.45) is 3.76. The van der Waals surface area contributed by atoms with Gasteiger partial charge in [0.2, 0.25) is 11.8 Å². The quantitative estimate of drug-likeness (QED) is 0.506. The molecule has 3 aliphatic heterocycles. The number of pyridine rings is 1. The first kappa shape index (κ1) is 22.9. The fourth-order valence-corrected chi connectivity index (χ4v) is 5.80. The first-order chi connectivity index (χ1) is 17.5. The first-order valence-electron chi connectivity index (χ1n) is 12.9. The molecule has 6 heteroatoms. The van der Waals surface area contributed by atoms with Crippen LogP contribution in [-0.2, 0) is 17.9 Å². The highest BCUT2D eigenvalue weighted by molar-refractivity contribution is 6.15. The predicted octanol–water partition coefficient (Wildman–Crippen LogP) is 4.85. The summed E-state index contributed by atoms with van der Waals surface area (Å²) in [5.74, 6) is 0.888. The van der Waals surface area contributed by atoms with Gasteiger partial charge in [-0.3, -0.25) is 14.7 Å². The van der Waals surface area contributed by atoms with Crippen molar-refractivity contribution >= 4 is 17.3 Å². The zero-order valence-electron chi connectivity index (χ0n) is 21.0. The molecule has 1 aromatic heterocycles. The van der Waals surface area contributed by atoms with Crippen molar-refractivity contribution in [3.63, 3.8) is 0 Å². The maximum absolute atomic E-state index is 13.8. The van der Waals surface area contributed by atoms with Crippen molar-refractivity contribution in [1.82, 2.24) is 9.88 Å². The van der Waals surface area contributed by atoms with Crippen LogP contribution in [0.5, 0.6) is 5.88 Å². The normalized spacial score (nSPS) is 21.5. The molecule has 36 heavy (non-hydrogen) atoms. The number of hydrogen-bond acceptors (Lipinski definition) is 5. The van der Waals surface area contributed by atoms with Crippen LogP contribution in [0, 0.1) is 5.41 Å². The Hall–Kier alpha value is -3.51. The number of rotatable bonds is 6. The number of benzene rings is 2. The molecule has 3 aliphatic rings. The first-order valence-corrected chi connectivity index (χ1v) is 12.9. The van der Waals surface area contributed by atoms with Crippen molar-refractivity contribution in [2.45, 2.75) is 45.9 Å². The van der Waals surface area contributed by atoms with E-state index in [-0.39, 0.29) is 17.4 Å². The van der Waals surface area contributed by atoms with Gasteiger partial charge in [0.25, 0.3) is 0 Å². The molecule has 4 heterocycles.